The first-order valence-electron chi connectivity index (χ1n) is 16.4. The molecule has 4 nitrogen and oxygen atoms in total. The molecule has 0 aliphatic carbocycles. The molecular weight excluding hydrogens is 599 g/mol. The van der Waals surface area contributed by atoms with Crippen molar-refractivity contribution in [1.82, 2.24) is 15.0 Å². The molecule has 0 aliphatic rings. The van der Waals surface area contributed by atoms with Gasteiger partial charge in [-0.25, -0.2) is 15.0 Å². The minimum absolute atomic E-state index is 0.632. The molecule has 49 heavy (non-hydrogen) atoms. The molecule has 0 aliphatic heterocycles. The summed E-state index contributed by atoms with van der Waals surface area (Å²) in [5.74, 6) is 1.91. The normalized spacial score (nSPS) is 11.7. The molecule has 0 spiro atoms. The topological polar surface area (TPSA) is 51.8 Å². The van der Waals surface area contributed by atoms with E-state index in [0.29, 0.717) is 17.5 Å². The summed E-state index contributed by atoms with van der Waals surface area (Å²) in [7, 11) is 0. The van der Waals surface area contributed by atoms with Crippen LogP contribution < -0.4 is 0 Å². The van der Waals surface area contributed by atoms with Crippen LogP contribution in [0.3, 0.4) is 0 Å². The highest BCUT2D eigenvalue weighted by Crippen LogP contribution is 2.42. The molecule has 0 fully saturated rings. The van der Waals surface area contributed by atoms with Crippen molar-refractivity contribution in [2.75, 3.05) is 0 Å². The maximum Gasteiger partial charge on any atom is 0.164 e. The second kappa shape index (κ2) is 11.0. The largest absolute Gasteiger partial charge is 0.456 e. The van der Waals surface area contributed by atoms with Crippen LogP contribution in [-0.2, 0) is 0 Å². The maximum absolute atomic E-state index is 6.53. The van der Waals surface area contributed by atoms with Crippen LogP contribution in [0.5, 0.6) is 0 Å². The van der Waals surface area contributed by atoms with E-state index in [4.69, 9.17) is 19.4 Å². The minimum atomic E-state index is 0.632. The molecule has 228 valence electrons. The number of hydrogen-bond acceptors (Lipinski definition) is 4. The Bertz CT molecular complexity index is 2820. The Labute approximate surface area is 282 Å². The average molecular weight is 626 g/mol. The molecule has 10 rings (SSSR count). The fraction of sp³-hybridized carbons (Fsp3) is 0. The second-order valence-corrected chi connectivity index (χ2v) is 12.4. The van der Waals surface area contributed by atoms with Gasteiger partial charge < -0.3 is 4.42 Å². The Morgan fingerprint density at radius 1 is 0.327 bits per heavy atom. The first-order valence-corrected chi connectivity index (χ1v) is 16.4. The number of benzene rings is 8. The second-order valence-electron chi connectivity index (χ2n) is 12.4. The summed E-state index contributed by atoms with van der Waals surface area (Å²) in [4.78, 5) is 15.2. The van der Waals surface area contributed by atoms with Crippen molar-refractivity contribution >= 4 is 54.3 Å². The van der Waals surface area contributed by atoms with Gasteiger partial charge in [0.25, 0.3) is 0 Å². The monoisotopic (exact) mass is 625 g/mol. The molecule has 0 N–H and O–H groups in total. The van der Waals surface area contributed by atoms with Crippen molar-refractivity contribution < 1.29 is 4.42 Å². The molecule has 0 amide bonds. The van der Waals surface area contributed by atoms with Gasteiger partial charge in [-0.1, -0.05) is 133 Å². The van der Waals surface area contributed by atoms with Crippen LogP contribution in [-0.4, -0.2) is 15.0 Å². The fourth-order valence-electron chi connectivity index (χ4n) is 7.15. The Balaban J connectivity index is 1.24. The summed E-state index contributed by atoms with van der Waals surface area (Å²) in [5.41, 5.74) is 6.75. The van der Waals surface area contributed by atoms with Gasteiger partial charge in [-0.2, -0.15) is 0 Å². The molecule has 0 atom stereocenters. The van der Waals surface area contributed by atoms with Crippen LogP contribution >= 0.6 is 0 Å². The van der Waals surface area contributed by atoms with Crippen molar-refractivity contribution in [3.8, 4) is 45.3 Å². The first-order chi connectivity index (χ1) is 24.3. The summed E-state index contributed by atoms with van der Waals surface area (Å²) in [6, 6.07) is 56.9. The fourth-order valence-corrected chi connectivity index (χ4v) is 7.15. The van der Waals surface area contributed by atoms with Crippen LogP contribution in [0, 0.1) is 0 Å². The van der Waals surface area contributed by atoms with Crippen LogP contribution in [0.1, 0.15) is 0 Å². The van der Waals surface area contributed by atoms with Crippen LogP contribution in [0.2, 0.25) is 0 Å². The van der Waals surface area contributed by atoms with Crippen LogP contribution in [0.25, 0.3) is 99.5 Å². The lowest BCUT2D eigenvalue weighted by Crippen LogP contribution is -2.00. The van der Waals surface area contributed by atoms with Gasteiger partial charge >= 0.3 is 0 Å². The molecule has 0 saturated heterocycles. The molecule has 0 unspecified atom stereocenters. The average Bonchev–Trinajstić information content (AvgIpc) is 3.55. The van der Waals surface area contributed by atoms with E-state index in [0.717, 1.165) is 65.9 Å². The summed E-state index contributed by atoms with van der Waals surface area (Å²) in [5, 5.41) is 9.23. The van der Waals surface area contributed by atoms with Crippen molar-refractivity contribution in [2.24, 2.45) is 0 Å². The van der Waals surface area contributed by atoms with E-state index in [1.807, 2.05) is 60.7 Å². The number of nitrogens with zero attached hydrogens (tertiary/aromatic N) is 3. The Hall–Kier alpha value is -6.65. The maximum atomic E-state index is 6.53. The van der Waals surface area contributed by atoms with Gasteiger partial charge in [-0.15, -0.1) is 0 Å². The number of fused-ring (bicyclic) bond motifs is 7. The predicted molar refractivity (Wildman–Crippen MR) is 201 cm³/mol. The number of aromatic nitrogens is 3. The standard InChI is InChI=1S/C45H27N3O/c1-3-13-29(14-4-1)43-46-44(30-15-5-2-6-16-30)48-45(47-43)38-25-33(24-31-17-8-10-19-35(31)38)36-20-11-21-40-42(36)39-27-37-32(26-41(39)49-40)23-22-28-12-7-9-18-34(28)37/h1-27H. The van der Waals surface area contributed by atoms with E-state index in [2.05, 4.69) is 103 Å². The van der Waals surface area contributed by atoms with E-state index in [1.165, 1.54) is 16.2 Å². The van der Waals surface area contributed by atoms with Gasteiger partial charge in [0.15, 0.2) is 17.5 Å². The van der Waals surface area contributed by atoms with Gasteiger partial charge in [0, 0.05) is 27.5 Å². The van der Waals surface area contributed by atoms with E-state index < -0.39 is 0 Å². The molecule has 2 heterocycles. The van der Waals surface area contributed by atoms with Crippen molar-refractivity contribution in [1.29, 1.82) is 0 Å². The Kier molecular flexibility index (Phi) is 6.15. The van der Waals surface area contributed by atoms with Gasteiger partial charge in [-0.3, -0.25) is 0 Å². The Morgan fingerprint density at radius 3 is 1.69 bits per heavy atom. The highest BCUT2D eigenvalue weighted by Gasteiger charge is 2.19. The van der Waals surface area contributed by atoms with Crippen molar-refractivity contribution in [2.45, 2.75) is 0 Å². The van der Waals surface area contributed by atoms with E-state index in [1.54, 1.807) is 0 Å². The van der Waals surface area contributed by atoms with Crippen molar-refractivity contribution in [3.63, 3.8) is 0 Å². The first kappa shape index (κ1) is 27.5. The number of rotatable bonds is 4. The summed E-state index contributed by atoms with van der Waals surface area (Å²) in [6.45, 7) is 0. The predicted octanol–water partition coefficient (Wildman–Crippen LogP) is 11.9. The third-order valence-corrected chi connectivity index (χ3v) is 9.47. The third-order valence-electron chi connectivity index (χ3n) is 9.47. The highest BCUT2D eigenvalue weighted by atomic mass is 16.3. The minimum Gasteiger partial charge on any atom is -0.456 e. The lowest BCUT2D eigenvalue weighted by Gasteiger charge is -2.13. The SMILES string of the molecule is c1ccc(-c2nc(-c3ccccc3)nc(-c3cc(-c4cccc5oc6cc7ccc8ccccc8c7cc6c45)cc4ccccc34)n2)cc1. The van der Waals surface area contributed by atoms with Crippen molar-refractivity contribution in [3.05, 3.63) is 164 Å². The summed E-state index contributed by atoms with van der Waals surface area (Å²) < 4.78 is 6.53. The molecule has 0 radical (unpaired) electrons. The van der Waals surface area contributed by atoms with Crippen LogP contribution in [0.4, 0.5) is 0 Å². The highest BCUT2D eigenvalue weighted by molar-refractivity contribution is 6.19. The zero-order chi connectivity index (χ0) is 32.3. The van der Waals surface area contributed by atoms with Gasteiger partial charge in [0.1, 0.15) is 11.2 Å². The van der Waals surface area contributed by atoms with Crippen LogP contribution in [0.15, 0.2) is 168 Å². The third kappa shape index (κ3) is 4.57. The molecule has 0 saturated carbocycles. The van der Waals surface area contributed by atoms with E-state index >= 15 is 0 Å². The van der Waals surface area contributed by atoms with Gasteiger partial charge in [0.05, 0.1) is 0 Å². The summed E-state index contributed by atoms with van der Waals surface area (Å²) in [6.07, 6.45) is 0. The van der Waals surface area contributed by atoms with Gasteiger partial charge in [0.2, 0.25) is 0 Å². The number of hydrogen-bond donors (Lipinski definition) is 0. The molecule has 8 aromatic carbocycles. The molecule has 0 bridgehead atoms. The van der Waals surface area contributed by atoms with Gasteiger partial charge in [-0.05, 0) is 73.8 Å². The zero-order valence-corrected chi connectivity index (χ0v) is 26.3. The molecule has 2 aromatic heterocycles. The molecular formula is C45H27N3O. The van der Waals surface area contributed by atoms with E-state index in [9.17, 15) is 0 Å². The lowest BCUT2D eigenvalue weighted by molar-refractivity contribution is 0.669. The molecule has 10 aromatic rings. The number of furan rings is 1. The molecule has 4 heteroatoms. The Morgan fingerprint density at radius 2 is 0.939 bits per heavy atom. The van der Waals surface area contributed by atoms with E-state index in [-0.39, 0.29) is 0 Å². The quantitative estimate of drug-likeness (QED) is 0.183. The zero-order valence-electron chi connectivity index (χ0n) is 26.3. The lowest BCUT2D eigenvalue weighted by atomic mass is 9.93. The smallest absolute Gasteiger partial charge is 0.164 e. The summed E-state index contributed by atoms with van der Waals surface area (Å²) >= 11 is 0.